The lowest BCUT2D eigenvalue weighted by Gasteiger charge is -2.26. The third-order valence-corrected chi connectivity index (χ3v) is 6.33. The Kier molecular flexibility index (Phi) is 8.59. The molecule has 2 aromatic rings. The van der Waals surface area contributed by atoms with Gasteiger partial charge in [0.1, 0.15) is 11.6 Å². The molecule has 5 heteroatoms. The molecule has 1 aliphatic rings. The second kappa shape index (κ2) is 11.4. The summed E-state index contributed by atoms with van der Waals surface area (Å²) >= 11 is 0. The molecule has 1 atom stereocenters. The first-order valence-corrected chi connectivity index (χ1v) is 11.4. The van der Waals surface area contributed by atoms with Crippen molar-refractivity contribution in [3.8, 4) is 0 Å². The standard InChI is InChI=1S/C26H34F2N2O/c1-19-8-5-9-20(2)26(19)21(18-30-16-3-4-17-30)13-14-25(31)29-15-7-10-22-23(27)11-6-12-24(22)28/h5-6,8-9,11-12,21H,3-4,7,10,13-18H2,1-2H3,(H,29,31). The van der Waals surface area contributed by atoms with Crippen LogP contribution in [0, 0.1) is 25.5 Å². The minimum Gasteiger partial charge on any atom is -0.356 e. The molecule has 1 amide bonds. The van der Waals surface area contributed by atoms with Crippen molar-refractivity contribution in [1.82, 2.24) is 10.2 Å². The molecule has 1 unspecified atom stereocenters. The molecule has 0 radical (unpaired) electrons. The number of hydrogen-bond acceptors (Lipinski definition) is 2. The van der Waals surface area contributed by atoms with Crippen molar-refractivity contribution < 1.29 is 13.6 Å². The van der Waals surface area contributed by atoms with Gasteiger partial charge in [-0.15, -0.1) is 0 Å². The summed E-state index contributed by atoms with van der Waals surface area (Å²) in [6.07, 6.45) is 4.55. The van der Waals surface area contributed by atoms with Crippen molar-refractivity contribution in [3.63, 3.8) is 0 Å². The van der Waals surface area contributed by atoms with Crippen LogP contribution in [-0.2, 0) is 11.2 Å². The summed E-state index contributed by atoms with van der Waals surface area (Å²) in [5.41, 5.74) is 4.04. The van der Waals surface area contributed by atoms with Gasteiger partial charge in [0.05, 0.1) is 0 Å². The van der Waals surface area contributed by atoms with Crippen LogP contribution >= 0.6 is 0 Å². The first-order valence-electron chi connectivity index (χ1n) is 11.4. The smallest absolute Gasteiger partial charge is 0.220 e. The van der Waals surface area contributed by atoms with Gasteiger partial charge in [-0.1, -0.05) is 24.3 Å². The van der Waals surface area contributed by atoms with E-state index in [0.29, 0.717) is 25.3 Å². The summed E-state index contributed by atoms with van der Waals surface area (Å²) in [4.78, 5) is 15.0. The Hall–Kier alpha value is -2.27. The zero-order valence-electron chi connectivity index (χ0n) is 18.7. The molecule has 1 heterocycles. The van der Waals surface area contributed by atoms with Crippen LogP contribution in [0.15, 0.2) is 36.4 Å². The highest BCUT2D eigenvalue weighted by atomic mass is 19.1. The van der Waals surface area contributed by atoms with E-state index in [-0.39, 0.29) is 17.9 Å². The number of benzene rings is 2. The first-order chi connectivity index (χ1) is 15.0. The number of nitrogens with one attached hydrogen (secondary N) is 1. The maximum absolute atomic E-state index is 13.7. The molecule has 0 aromatic heterocycles. The zero-order valence-corrected chi connectivity index (χ0v) is 18.7. The number of aryl methyl sites for hydroxylation is 2. The Morgan fingerprint density at radius 1 is 1.03 bits per heavy atom. The fraction of sp³-hybridized carbons (Fsp3) is 0.500. The van der Waals surface area contributed by atoms with E-state index in [1.165, 1.54) is 47.7 Å². The second-order valence-electron chi connectivity index (χ2n) is 8.70. The van der Waals surface area contributed by atoms with Crippen LogP contribution in [0.5, 0.6) is 0 Å². The predicted molar refractivity (Wildman–Crippen MR) is 121 cm³/mol. The number of likely N-dealkylation sites (tertiary alicyclic amines) is 1. The number of amides is 1. The van der Waals surface area contributed by atoms with Gasteiger partial charge < -0.3 is 10.2 Å². The number of nitrogens with zero attached hydrogens (tertiary/aromatic N) is 1. The molecule has 0 spiro atoms. The Labute approximate surface area is 184 Å². The average molecular weight is 429 g/mol. The van der Waals surface area contributed by atoms with E-state index in [1.54, 1.807) is 0 Å². The number of hydrogen-bond donors (Lipinski definition) is 1. The highest BCUT2D eigenvalue weighted by molar-refractivity contribution is 5.75. The van der Waals surface area contributed by atoms with Gasteiger partial charge >= 0.3 is 0 Å². The van der Waals surface area contributed by atoms with Gasteiger partial charge in [-0.3, -0.25) is 4.79 Å². The van der Waals surface area contributed by atoms with Gasteiger partial charge in [0, 0.05) is 25.1 Å². The summed E-state index contributed by atoms with van der Waals surface area (Å²) in [7, 11) is 0. The first kappa shape index (κ1) is 23.4. The van der Waals surface area contributed by atoms with E-state index in [0.717, 1.165) is 26.1 Å². The SMILES string of the molecule is Cc1cccc(C)c1C(CCC(=O)NCCCc1c(F)cccc1F)CN1CCCC1. The number of carbonyl (C=O) groups is 1. The lowest BCUT2D eigenvalue weighted by molar-refractivity contribution is -0.121. The van der Waals surface area contributed by atoms with Gasteiger partial charge in [-0.25, -0.2) is 8.78 Å². The Bertz CT molecular complexity index is 837. The fourth-order valence-corrected chi connectivity index (χ4v) is 4.73. The third-order valence-electron chi connectivity index (χ3n) is 6.33. The molecule has 1 saturated heterocycles. The van der Waals surface area contributed by atoms with Gasteiger partial charge in [-0.2, -0.15) is 0 Å². The average Bonchev–Trinajstić information content (AvgIpc) is 3.24. The maximum Gasteiger partial charge on any atom is 0.220 e. The quantitative estimate of drug-likeness (QED) is 0.522. The highest BCUT2D eigenvalue weighted by Gasteiger charge is 2.22. The Balaban J connectivity index is 1.51. The van der Waals surface area contributed by atoms with E-state index in [1.807, 2.05) is 0 Å². The van der Waals surface area contributed by atoms with Gasteiger partial charge in [0.15, 0.2) is 0 Å². The molecule has 3 nitrogen and oxygen atoms in total. The molecule has 31 heavy (non-hydrogen) atoms. The molecule has 1 N–H and O–H groups in total. The summed E-state index contributed by atoms with van der Waals surface area (Å²) in [5.74, 6) is -0.710. The largest absolute Gasteiger partial charge is 0.356 e. The molecule has 1 aliphatic heterocycles. The van der Waals surface area contributed by atoms with Gasteiger partial charge in [0.2, 0.25) is 5.91 Å². The summed E-state index contributed by atoms with van der Waals surface area (Å²) in [5, 5.41) is 2.92. The molecule has 0 aliphatic carbocycles. The van der Waals surface area contributed by atoms with Crippen LogP contribution < -0.4 is 5.32 Å². The van der Waals surface area contributed by atoms with Crippen LogP contribution in [-0.4, -0.2) is 37.0 Å². The van der Waals surface area contributed by atoms with Crippen LogP contribution in [0.2, 0.25) is 0 Å². The predicted octanol–water partition coefficient (Wildman–Crippen LogP) is 5.29. The maximum atomic E-state index is 13.7. The van der Waals surface area contributed by atoms with Crippen LogP contribution in [0.25, 0.3) is 0 Å². The normalized spacial score (nSPS) is 15.2. The lowest BCUT2D eigenvalue weighted by atomic mass is 9.87. The Morgan fingerprint density at radius 2 is 1.65 bits per heavy atom. The monoisotopic (exact) mass is 428 g/mol. The second-order valence-corrected chi connectivity index (χ2v) is 8.70. The Morgan fingerprint density at radius 3 is 2.29 bits per heavy atom. The van der Waals surface area contributed by atoms with E-state index in [4.69, 9.17) is 0 Å². The molecule has 0 bridgehead atoms. The van der Waals surface area contributed by atoms with Crippen molar-refractivity contribution >= 4 is 5.91 Å². The summed E-state index contributed by atoms with van der Waals surface area (Å²) < 4.78 is 27.4. The van der Waals surface area contributed by atoms with Crippen molar-refractivity contribution in [2.45, 2.75) is 58.3 Å². The van der Waals surface area contributed by atoms with Crippen molar-refractivity contribution in [2.24, 2.45) is 0 Å². The van der Waals surface area contributed by atoms with Crippen molar-refractivity contribution in [1.29, 1.82) is 0 Å². The van der Waals surface area contributed by atoms with Gasteiger partial charge in [-0.05, 0) is 93.8 Å². The van der Waals surface area contributed by atoms with Crippen LogP contribution in [0.3, 0.4) is 0 Å². The van der Waals surface area contributed by atoms with Crippen LogP contribution in [0.1, 0.15) is 60.3 Å². The van der Waals surface area contributed by atoms with Crippen molar-refractivity contribution in [2.75, 3.05) is 26.2 Å². The number of rotatable bonds is 10. The van der Waals surface area contributed by atoms with E-state index in [2.05, 4.69) is 42.3 Å². The van der Waals surface area contributed by atoms with E-state index < -0.39 is 11.6 Å². The summed E-state index contributed by atoms with van der Waals surface area (Å²) in [6, 6.07) is 10.3. The molecule has 1 fully saturated rings. The molecule has 168 valence electrons. The van der Waals surface area contributed by atoms with E-state index in [9.17, 15) is 13.6 Å². The van der Waals surface area contributed by atoms with Crippen LogP contribution in [0.4, 0.5) is 8.78 Å². The summed E-state index contributed by atoms with van der Waals surface area (Å²) in [6.45, 7) is 8.00. The topological polar surface area (TPSA) is 32.3 Å². The minimum absolute atomic E-state index is 0.00617. The van der Waals surface area contributed by atoms with Crippen molar-refractivity contribution in [3.05, 3.63) is 70.3 Å². The number of halogens is 2. The molecule has 3 rings (SSSR count). The minimum atomic E-state index is -0.523. The van der Waals surface area contributed by atoms with Gasteiger partial charge in [0.25, 0.3) is 0 Å². The highest BCUT2D eigenvalue weighted by Crippen LogP contribution is 2.29. The molecule has 2 aromatic carbocycles. The lowest BCUT2D eigenvalue weighted by Crippen LogP contribution is -2.29. The molecule has 0 saturated carbocycles. The molecular weight excluding hydrogens is 394 g/mol. The van der Waals surface area contributed by atoms with E-state index >= 15 is 0 Å². The third kappa shape index (κ3) is 6.60. The zero-order chi connectivity index (χ0) is 22.2. The fourth-order valence-electron chi connectivity index (χ4n) is 4.73. The number of carbonyl (C=O) groups excluding carboxylic acids is 1. The molecular formula is C26H34F2N2O.